The smallest absolute Gasteiger partial charge is 0.236 e. The molecule has 2 rings (SSSR count). The van der Waals surface area contributed by atoms with Crippen LogP contribution in [0.1, 0.15) is 12.0 Å². The first-order valence-electron chi connectivity index (χ1n) is 7.40. The standard InChI is InChI=1S/C16H23FN2O3/c1-18(8-12-5-3-4-6-15(12)22-2)16(21)10-19-9-13(17)7-14(19)11-20/h3-6,13-14,20H,7-11H2,1-2H3/t13-,14-/m0/s1. The second-order valence-corrected chi connectivity index (χ2v) is 5.66. The van der Waals surface area contributed by atoms with Gasteiger partial charge in [-0.3, -0.25) is 9.69 Å². The predicted octanol–water partition coefficient (Wildman–Crippen LogP) is 1.06. The van der Waals surface area contributed by atoms with Crippen LogP contribution in [0.3, 0.4) is 0 Å². The second kappa shape index (κ2) is 7.56. The summed E-state index contributed by atoms with van der Waals surface area (Å²) in [5, 5.41) is 9.26. The van der Waals surface area contributed by atoms with E-state index in [0.717, 1.165) is 11.3 Å². The van der Waals surface area contributed by atoms with E-state index in [0.29, 0.717) is 13.0 Å². The molecule has 0 bridgehead atoms. The number of hydrogen-bond donors (Lipinski definition) is 1. The maximum atomic E-state index is 13.4. The molecule has 1 fully saturated rings. The number of halogens is 1. The van der Waals surface area contributed by atoms with Crippen LogP contribution < -0.4 is 4.74 Å². The lowest BCUT2D eigenvalue weighted by Crippen LogP contribution is -2.41. The number of carbonyl (C=O) groups excluding carboxylic acids is 1. The van der Waals surface area contributed by atoms with Crippen molar-refractivity contribution in [2.45, 2.75) is 25.2 Å². The SMILES string of the molecule is COc1ccccc1CN(C)C(=O)CN1C[C@@H](F)C[C@H]1CO. The number of ether oxygens (including phenoxy) is 1. The van der Waals surface area contributed by atoms with Crippen molar-refractivity contribution in [3.05, 3.63) is 29.8 Å². The zero-order valence-corrected chi connectivity index (χ0v) is 13.0. The van der Waals surface area contributed by atoms with E-state index in [1.165, 1.54) is 0 Å². The lowest BCUT2D eigenvalue weighted by atomic mass is 10.2. The third-order valence-corrected chi connectivity index (χ3v) is 4.05. The van der Waals surface area contributed by atoms with Crippen molar-refractivity contribution in [1.82, 2.24) is 9.80 Å². The molecule has 1 heterocycles. The van der Waals surface area contributed by atoms with Crippen molar-refractivity contribution >= 4 is 5.91 Å². The Morgan fingerprint density at radius 2 is 2.23 bits per heavy atom. The lowest BCUT2D eigenvalue weighted by molar-refractivity contribution is -0.132. The maximum absolute atomic E-state index is 13.4. The van der Waals surface area contributed by atoms with Crippen LogP contribution in [0, 0.1) is 0 Å². The highest BCUT2D eigenvalue weighted by atomic mass is 19.1. The number of hydrogen-bond acceptors (Lipinski definition) is 4. The summed E-state index contributed by atoms with van der Waals surface area (Å²) in [6.07, 6.45) is -0.676. The van der Waals surface area contributed by atoms with Gasteiger partial charge in [-0.05, 0) is 12.5 Å². The molecule has 1 amide bonds. The Kier molecular flexibility index (Phi) is 5.74. The summed E-state index contributed by atoms with van der Waals surface area (Å²) < 4.78 is 18.7. The quantitative estimate of drug-likeness (QED) is 0.853. The molecule has 1 saturated heterocycles. The third-order valence-electron chi connectivity index (χ3n) is 4.05. The fourth-order valence-corrected chi connectivity index (χ4v) is 2.78. The Hall–Kier alpha value is -1.66. The monoisotopic (exact) mass is 310 g/mol. The highest BCUT2D eigenvalue weighted by Gasteiger charge is 2.33. The summed E-state index contributed by atoms with van der Waals surface area (Å²) in [5.41, 5.74) is 0.921. The number of amides is 1. The van der Waals surface area contributed by atoms with E-state index in [-0.39, 0.29) is 31.6 Å². The Balaban J connectivity index is 1.95. The molecule has 1 N–H and O–H groups in total. The average Bonchev–Trinajstić information content (AvgIpc) is 2.87. The fraction of sp³-hybridized carbons (Fsp3) is 0.562. The van der Waals surface area contributed by atoms with Crippen LogP contribution >= 0.6 is 0 Å². The van der Waals surface area contributed by atoms with Gasteiger partial charge in [0.25, 0.3) is 0 Å². The highest BCUT2D eigenvalue weighted by molar-refractivity contribution is 5.78. The van der Waals surface area contributed by atoms with Crippen LogP contribution in [-0.2, 0) is 11.3 Å². The molecular weight excluding hydrogens is 287 g/mol. The second-order valence-electron chi connectivity index (χ2n) is 5.66. The summed E-state index contributed by atoms with van der Waals surface area (Å²) >= 11 is 0. The van der Waals surface area contributed by atoms with Crippen molar-refractivity contribution in [3.63, 3.8) is 0 Å². The van der Waals surface area contributed by atoms with Crippen molar-refractivity contribution in [3.8, 4) is 5.75 Å². The number of likely N-dealkylation sites (N-methyl/N-ethyl adjacent to an activating group) is 1. The van der Waals surface area contributed by atoms with Gasteiger partial charge >= 0.3 is 0 Å². The molecule has 0 radical (unpaired) electrons. The minimum Gasteiger partial charge on any atom is -0.496 e. The molecule has 0 unspecified atom stereocenters. The molecule has 0 spiro atoms. The first-order chi connectivity index (χ1) is 10.5. The topological polar surface area (TPSA) is 53.0 Å². The molecule has 5 nitrogen and oxygen atoms in total. The summed E-state index contributed by atoms with van der Waals surface area (Å²) in [6, 6.07) is 7.27. The van der Waals surface area contributed by atoms with Gasteiger partial charge in [0.05, 0.1) is 20.3 Å². The van der Waals surface area contributed by atoms with E-state index in [9.17, 15) is 14.3 Å². The van der Waals surface area contributed by atoms with Gasteiger partial charge in [0, 0.05) is 31.7 Å². The van der Waals surface area contributed by atoms with Gasteiger partial charge in [0.1, 0.15) is 11.9 Å². The van der Waals surface area contributed by atoms with Crippen LogP contribution in [-0.4, -0.2) is 66.9 Å². The number of aliphatic hydroxyl groups is 1. The number of alkyl halides is 1. The number of benzene rings is 1. The van der Waals surface area contributed by atoms with Gasteiger partial charge in [-0.2, -0.15) is 0 Å². The Bertz CT molecular complexity index is 512. The molecule has 0 aromatic heterocycles. The number of aliphatic hydroxyl groups excluding tert-OH is 1. The fourth-order valence-electron chi connectivity index (χ4n) is 2.78. The van der Waals surface area contributed by atoms with E-state index in [1.54, 1.807) is 24.0 Å². The number of para-hydroxylation sites is 1. The molecule has 2 atom stereocenters. The van der Waals surface area contributed by atoms with Gasteiger partial charge in [-0.15, -0.1) is 0 Å². The van der Waals surface area contributed by atoms with E-state index in [2.05, 4.69) is 0 Å². The third kappa shape index (κ3) is 3.96. The number of rotatable bonds is 6. The molecule has 0 saturated carbocycles. The average molecular weight is 310 g/mol. The number of methoxy groups -OCH3 is 1. The van der Waals surface area contributed by atoms with Crippen molar-refractivity contribution < 1.29 is 19.0 Å². The first kappa shape index (κ1) is 16.7. The summed E-state index contributed by atoms with van der Waals surface area (Å²) in [5.74, 6) is 0.638. The van der Waals surface area contributed by atoms with Crippen LogP contribution in [0.25, 0.3) is 0 Å². The number of carbonyl (C=O) groups is 1. The molecule has 122 valence electrons. The van der Waals surface area contributed by atoms with Crippen molar-refractivity contribution in [1.29, 1.82) is 0 Å². The van der Waals surface area contributed by atoms with E-state index in [1.807, 2.05) is 24.3 Å². The van der Waals surface area contributed by atoms with E-state index in [4.69, 9.17) is 4.74 Å². The van der Waals surface area contributed by atoms with E-state index >= 15 is 0 Å². The minimum atomic E-state index is -0.968. The lowest BCUT2D eigenvalue weighted by Gasteiger charge is -2.25. The number of likely N-dealkylation sites (tertiary alicyclic amines) is 1. The van der Waals surface area contributed by atoms with Gasteiger partial charge in [0.15, 0.2) is 0 Å². The molecule has 1 aromatic carbocycles. The number of nitrogens with zero attached hydrogens (tertiary/aromatic N) is 2. The Labute approximate surface area is 130 Å². The van der Waals surface area contributed by atoms with Crippen LogP contribution in [0.4, 0.5) is 4.39 Å². The molecule has 1 aliphatic rings. The minimum absolute atomic E-state index is 0.0987. The first-order valence-corrected chi connectivity index (χ1v) is 7.40. The molecule has 6 heteroatoms. The van der Waals surface area contributed by atoms with Crippen LogP contribution in [0.5, 0.6) is 5.75 Å². The molecule has 0 aliphatic carbocycles. The highest BCUT2D eigenvalue weighted by Crippen LogP contribution is 2.21. The van der Waals surface area contributed by atoms with Crippen LogP contribution in [0.15, 0.2) is 24.3 Å². The summed E-state index contributed by atoms with van der Waals surface area (Å²) in [6.45, 7) is 0.639. The van der Waals surface area contributed by atoms with Crippen LogP contribution in [0.2, 0.25) is 0 Å². The Morgan fingerprint density at radius 1 is 1.50 bits per heavy atom. The maximum Gasteiger partial charge on any atom is 0.236 e. The van der Waals surface area contributed by atoms with Gasteiger partial charge in [0.2, 0.25) is 5.91 Å². The van der Waals surface area contributed by atoms with Gasteiger partial charge < -0.3 is 14.7 Å². The zero-order valence-electron chi connectivity index (χ0n) is 13.0. The zero-order chi connectivity index (χ0) is 16.1. The molecular formula is C16H23FN2O3. The van der Waals surface area contributed by atoms with Crippen molar-refractivity contribution in [2.75, 3.05) is 33.9 Å². The van der Waals surface area contributed by atoms with E-state index < -0.39 is 6.17 Å². The molecule has 1 aliphatic heterocycles. The normalized spacial score (nSPS) is 21.8. The van der Waals surface area contributed by atoms with Crippen molar-refractivity contribution in [2.24, 2.45) is 0 Å². The molecule has 1 aromatic rings. The predicted molar refractivity (Wildman–Crippen MR) is 81.4 cm³/mol. The van der Waals surface area contributed by atoms with Gasteiger partial charge in [-0.25, -0.2) is 4.39 Å². The summed E-state index contributed by atoms with van der Waals surface area (Å²) in [4.78, 5) is 15.6. The molecule has 22 heavy (non-hydrogen) atoms. The summed E-state index contributed by atoms with van der Waals surface area (Å²) in [7, 11) is 3.31. The largest absolute Gasteiger partial charge is 0.496 e. The Morgan fingerprint density at radius 3 is 2.91 bits per heavy atom. The van der Waals surface area contributed by atoms with Gasteiger partial charge in [-0.1, -0.05) is 18.2 Å².